The highest BCUT2D eigenvalue weighted by Crippen LogP contribution is 2.16. The molecule has 0 aliphatic heterocycles. The highest BCUT2D eigenvalue weighted by molar-refractivity contribution is 7.88. The number of sulfonamides is 1. The lowest BCUT2D eigenvalue weighted by Crippen LogP contribution is -2.24. The van der Waals surface area contributed by atoms with Gasteiger partial charge >= 0.3 is 5.97 Å². The number of hydrogen-bond donors (Lipinski definition) is 3. The van der Waals surface area contributed by atoms with Crippen LogP contribution in [0.25, 0.3) is 0 Å². The standard InChI is InChI=1S/C11H15FN2O4S/c1-19(17,18)14-6-2-5-13-10-4-3-8(12)7-9(10)11(15)16/h3-4,7,13-14H,2,5-6H2,1H3,(H,15,16). The summed E-state index contributed by atoms with van der Waals surface area (Å²) in [6, 6.07) is 3.42. The summed E-state index contributed by atoms with van der Waals surface area (Å²) in [6.45, 7) is 0.615. The smallest absolute Gasteiger partial charge is 0.337 e. The number of aromatic carboxylic acids is 1. The van der Waals surface area contributed by atoms with Crippen molar-refractivity contribution in [3.8, 4) is 0 Å². The molecular formula is C11H15FN2O4S. The van der Waals surface area contributed by atoms with Crippen molar-refractivity contribution < 1.29 is 22.7 Å². The van der Waals surface area contributed by atoms with Gasteiger partial charge in [-0.05, 0) is 24.6 Å². The van der Waals surface area contributed by atoms with Gasteiger partial charge in [-0.2, -0.15) is 0 Å². The second kappa shape index (κ2) is 6.48. The van der Waals surface area contributed by atoms with E-state index in [0.717, 1.165) is 18.4 Å². The molecule has 0 atom stereocenters. The zero-order valence-corrected chi connectivity index (χ0v) is 11.1. The Kier molecular flexibility index (Phi) is 5.25. The van der Waals surface area contributed by atoms with Crippen LogP contribution in [-0.2, 0) is 10.0 Å². The van der Waals surface area contributed by atoms with Crippen molar-refractivity contribution in [2.45, 2.75) is 6.42 Å². The number of carboxylic acids is 1. The third kappa shape index (κ3) is 5.66. The van der Waals surface area contributed by atoms with Gasteiger partial charge in [0.05, 0.1) is 11.8 Å². The monoisotopic (exact) mass is 290 g/mol. The van der Waals surface area contributed by atoms with Gasteiger partial charge in [0.15, 0.2) is 0 Å². The maximum atomic E-state index is 12.9. The minimum Gasteiger partial charge on any atom is -0.478 e. The molecule has 0 fully saturated rings. The van der Waals surface area contributed by atoms with Crippen molar-refractivity contribution in [3.63, 3.8) is 0 Å². The molecule has 0 spiro atoms. The van der Waals surface area contributed by atoms with E-state index in [2.05, 4.69) is 10.0 Å². The van der Waals surface area contributed by atoms with Crippen molar-refractivity contribution in [1.29, 1.82) is 0 Å². The second-order valence-corrected chi connectivity index (χ2v) is 5.77. The van der Waals surface area contributed by atoms with E-state index in [4.69, 9.17) is 5.11 Å². The lowest BCUT2D eigenvalue weighted by atomic mass is 10.1. The number of carboxylic acid groups (broad SMARTS) is 1. The van der Waals surface area contributed by atoms with Crippen LogP contribution in [0.3, 0.4) is 0 Å². The van der Waals surface area contributed by atoms with E-state index in [9.17, 15) is 17.6 Å². The fraction of sp³-hybridized carbons (Fsp3) is 0.364. The number of anilines is 1. The van der Waals surface area contributed by atoms with Crippen LogP contribution in [0.5, 0.6) is 0 Å². The molecule has 8 heteroatoms. The van der Waals surface area contributed by atoms with Crippen molar-refractivity contribution in [2.75, 3.05) is 24.7 Å². The van der Waals surface area contributed by atoms with Gasteiger partial charge in [-0.1, -0.05) is 0 Å². The SMILES string of the molecule is CS(=O)(=O)NCCCNc1ccc(F)cc1C(=O)O. The van der Waals surface area contributed by atoms with E-state index in [1.807, 2.05) is 0 Å². The van der Waals surface area contributed by atoms with Gasteiger partial charge in [-0.25, -0.2) is 22.3 Å². The van der Waals surface area contributed by atoms with Crippen LogP contribution in [0.4, 0.5) is 10.1 Å². The Morgan fingerprint density at radius 2 is 2.05 bits per heavy atom. The summed E-state index contributed by atoms with van der Waals surface area (Å²) in [5.41, 5.74) is 0.143. The van der Waals surface area contributed by atoms with Crippen LogP contribution >= 0.6 is 0 Å². The van der Waals surface area contributed by atoms with Crippen LogP contribution in [0, 0.1) is 5.82 Å². The Morgan fingerprint density at radius 1 is 1.37 bits per heavy atom. The number of hydrogen-bond acceptors (Lipinski definition) is 4. The third-order valence-electron chi connectivity index (χ3n) is 2.25. The first-order valence-corrected chi connectivity index (χ1v) is 7.40. The Labute approximate surface area is 110 Å². The number of nitrogens with one attached hydrogen (secondary N) is 2. The Hall–Kier alpha value is -1.67. The van der Waals surface area contributed by atoms with E-state index in [-0.39, 0.29) is 12.1 Å². The molecule has 0 unspecified atom stereocenters. The summed E-state index contributed by atoms with van der Waals surface area (Å²) < 4.78 is 36.8. The summed E-state index contributed by atoms with van der Waals surface area (Å²) in [7, 11) is -3.22. The molecule has 0 saturated heterocycles. The first-order chi connectivity index (χ1) is 8.79. The average Bonchev–Trinajstić information content (AvgIpc) is 2.28. The van der Waals surface area contributed by atoms with Crippen LogP contribution in [0.15, 0.2) is 18.2 Å². The van der Waals surface area contributed by atoms with Crippen molar-refractivity contribution in [2.24, 2.45) is 0 Å². The van der Waals surface area contributed by atoms with E-state index < -0.39 is 21.8 Å². The van der Waals surface area contributed by atoms with Gasteiger partial charge in [0, 0.05) is 18.8 Å². The molecule has 0 bridgehead atoms. The average molecular weight is 290 g/mol. The lowest BCUT2D eigenvalue weighted by molar-refractivity contribution is 0.0697. The predicted molar refractivity (Wildman–Crippen MR) is 69.3 cm³/mol. The summed E-state index contributed by atoms with van der Waals surface area (Å²) in [4.78, 5) is 10.9. The molecule has 0 heterocycles. The molecule has 106 valence electrons. The van der Waals surface area contributed by atoms with Crippen LogP contribution in [0.1, 0.15) is 16.8 Å². The van der Waals surface area contributed by atoms with Crippen molar-refractivity contribution in [3.05, 3.63) is 29.6 Å². The van der Waals surface area contributed by atoms with Crippen LogP contribution in [0.2, 0.25) is 0 Å². The largest absolute Gasteiger partial charge is 0.478 e. The minimum absolute atomic E-state index is 0.156. The predicted octanol–water partition coefficient (Wildman–Crippen LogP) is 0.875. The molecule has 0 saturated carbocycles. The summed E-state index contributed by atoms with van der Waals surface area (Å²) in [5.74, 6) is -1.85. The molecule has 3 N–H and O–H groups in total. The Morgan fingerprint density at radius 3 is 2.63 bits per heavy atom. The molecule has 0 amide bonds. The fourth-order valence-corrected chi connectivity index (χ4v) is 1.93. The maximum absolute atomic E-state index is 12.9. The summed E-state index contributed by atoms with van der Waals surface area (Å²) >= 11 is 0. The Balaban J connectivity index is 2.52. The Bertz CT molecular complexity index is 560. The van der Waals surface area contributed by atoms with Crippen LogP contribution in [-0.4, -0.2) is 38.8 Å². The van der Waals surface area contributed by atoms with Gasteiger partial charge in [0.1, 0.15) is 5.82 Å². The molecule has 0 aliphatic carbocycles. The molecule has 0 aromatic heterocycles. The zero-order valence-electron chi connectivity index (χ0n) is 10.3. The first-order valence-electron chi connectivity index (χ1n) is 5.51. The number of carbonyl (C=O) groups is 1. The summed E-state index contributed by atoms with van der Waals surface area (Å²) in [6.07, 6.45) is 1.53. The van der Waals surface area contributed by atoms with Gasteiger partial charge in [0.25, 0.3) is 0 Å². The van der Waals surface area contributed by atoms with Crippen molar-refractivity contribution >= 4 is 21.7 Å². The quantitative estimate of drug-likeness (QED) is 0.648. The fourth-order valence-electron chi connectivity index (χ4n) is 1.42. The first kappa shape index (κ1) is 15.4. The second-order valence-electron chi connectivity index (χ2n) is 3.94. The molecular weight excluding hydrogens is 275 g/mol. The number of benzene rings is 1. The van der Waals surface area contributed by atoms with E-state index in [0.29, 0.717) is 18.7 Å². The molecule has 6 nitrogen and oxygen atoms in total. The highest BCUT2D eigenvalue weighted by Gasteiger charge is 2.10. The third-order valence-corrected chi connectivity index (χ3v) is 2.97. The molecule has 1 aromatic carbocycles. The topological polar surface area (TPSA) is 95.5 Å². The molecule has 1 rings (SSSR count). The van der Waals surface area contributed by atoms with E-state index >= 15 is 0 Å². The normalized spacial score (nSPS) is 11.3. The molecule has 0 aliphatic rings. The maximum Gasteiger partial charge on any atom is 0.337 e. The van der Waals surface area contributed by atoms with Crippen molar-refractivity contribution in [1.82, 2.24) is 4.72 Å². The minimum atomic E-state index is -3.22. The summed E-state index contributed by atoms with van der Waals surface area (Å²) in [5, 5.41) is 11.7. The van der Waals surface area contributed by atoms with Gasteiger partial charge < -0.3 is 10.4 Å². The zero-order chi connectivity index (χ0) is 14.5. The van der Waals surface area contributed by atoms with Gasteiger partial charge in [-0.15, -0.1) is 0 Å². The van der Waals surface area contributed by atoms with Gasteiger partial charge in [-0.3, -0.25) is 0 Å². The number of rotatable bonds is 7. The van der Waals surface area contributed by atoms with Gasteiger partial charge in [0.2, 0.25) is 10.0 Å². The molecule has 1 aromatic rings. The lowest BCUT2D eigenvalue weighted by Gasteiger charge is -2.09. The van der Waals surface area contributed by atoms with E-state index in [1.54, 1.807) is 0 Å². The molecule has 19 heavy (non-hydrogen) atoms. The molecule has 0 radical (unpaired) electrons. The highest BCUT2D eigenvalue weighted by atomic mass is 32.2. The van der Waals surface area contributed by atoms with E-state index in [1.165, 1.54) is 6.07 Å². The number of halogens is 1. The van der Waals surface area contributed by atoms with Crippen LogP contribution < -0.4 is 10.0 Å².